The highest BCUT2D eigenvalue weighted by atomic mass is 32.1. The van der Waals surface area contributed by atoms with Gasteiger partial charge >= 0.3 is 0 Å². The molecule has 1 amide bonds. The molecular formula is C14H26N2O2S. The number of thiocarbonyl (C=S) groups is 1. The van der Waals surface area contributed by atoms with Gasteiger partial charge in [0, 0.05) is 19.7 Å². The van der Waals surface area contributed by atoms with Gasteiger partial charge in [0.15, 0.2) is 0 Å². The van der Waals surface area contributed by atoms with Crippen LogP contribution in [0.1, 0.15) is 40.0 Å². The number of ether oxygens (including phenoxy) is 1. The molecule has 1 unspecified atom stereocenters. The number of nitrogens with two attached hydrogens (primary N) is 1. The molecular weight excluding hydrogens is 260 g/mol. The zero-order valence-corrected chi connectivity index (χ0v) is 13.3. The number of methoxy groups -OCH3 is 1. The zero-order chi connectivity index (χ0) is 14.6. The van der Waals surface area contributed by atoms with Crippen LogP contribution in [0.2, 0.25) is 0 Å². The van der Waals surface area contributed by atoms with E-state index in [2.05, 4.69) is 20.8 Å². The Morgan fingerprint density at radius 2 is 2.16 bits per heavy atom. The summed E-state index contributed by atoms with van der Waals surface area (Å²) in [6.07, 6.45) is 2.47. The van der Waals surface area contributed by atoms with E-state index in [-0.39, 0.29) is 11.9 Å². The van der Waals surface area contributed by atoms with Crippen LogP contribution in [0, 0.1) is 11.3 Å². The quantitative estimate of drug-likeness (QED) is 0.727. The Hall–Kier alpha value is -0.680. The normalized spacial score (nSPS) is 27.5. The van der Waals surface area contributed by atoms with Gasteiger partial charge in [-0.2, -0.15) is 0 Å². The minimum atomic E-state index is -0.605. The van der Waals surface area contributed by atoms with Crippen LogP contribution in [-0.4, -0.2) is 42.1 Å². The summed E-state index contributed by atoms with van der Waals surface area (Å²) < 4.78 is 5.11. The number of hydrogen-bond acceptors (Lipinski definition) is 3. The molecule has 4 nitrogen and oxygen atoms in total. The van der Waals surface area contributed by atoms with Gasteiger partial charge in [0.2, 0.25) is 5.91 Å². The third-order valence-electron chi connectivity index (χ3n) is 4.19. The molecule has 1 aliphatic carbocycles. The van der Waals surface area contributed by atoms with Crippen molar-refractivity contribution in [2.24, 2.45) is 17.1 Å². The lowest BCUT2D eigenvalue weighted by Crippen LogP contribution is -2.59. The Labute approximate surface area is 121 Å². The van der Waals surface area contributed by atoms with E-state index in [4.69, 9.17) is 22.7 Å². The van der Waals surface area contributed by atoms with Gasteiger partial charge in [0.1, 0.15) is 0 Å². The van der Waals surface area contributed by atoms with E-state index >= 15 is 0 Å². The number of carbonyl (C=O) groups excluding carboxylic acids is 1. The Morgan fingerprint density at radius 1 is 1.58 bits per heavy atom. The van der Waals surface area contributed by atoms with Crippen LogP contribution in [0.5, 0.6) is 0 Å². The number of carbonyl (C=O) groups is 1. The van der Waals surface area contributed by atoms with Gasteiger partial charge in [0.05, 0.1) is 17.0 Å². The van der Waals surface area contributed by atoms with E-state index in [0.29, 0.717) is 24.1 Å². The third kappa shape index (κ3) is 3.26. The summed E-state index contributed by atoms with van der Waals surface area (Å²) in [7, 11) is 1.65. The van der Waals surface area contributed by atoms with Gasteiger partial charge in [-0.05, 0) is 32.1 Å². The molecule has 5 heteroatoms. The first-order valence-corrected chi connectivity index (χ1v) is 7.39. The lowest BCUT2D eigenvalue weighted by Gasteiger charge is -2.47. The molecule has 0 saturated heterocycles. The average Bonchev–Trinajstić information content (AvgIpc) is 2.33. The second kappa shape index (κ2) is 6.66. The first-order valence-electron chi connectivity index (χ1n) is 6.99. The second-order valence-electron chi connectivity index (χ2n) is 5.71. The van der Waals surface area contributed by atoms with Crippen molar-refractivity contribution in [3.63, 3.8) is 0 Å². The minimum Gasteiger partial charge on any atom is -0.392 e. The molecule has 0 bridgehead atoms. The molecule has 0 aromatic rings. The molecule has 1 aliphatic rings. The Morgan fingerprint density at radius 3 is 2.53 bits per heavy atom. The lowest BCUT2D eigenvalue weighted by atomic mass is 9.61. The fourth-order valence-corrected chi connectivity index (χ4v) is 3.07. The summed E-state index contributed by atoms with van der Waals surface area (Å²) in [6.45, 7) is 7.41. The molecule has 0 spiro atoms. The molecule has 0 aromatic carbocycles. The van der Waals surface area contributed by atoms with Crippen molar-refractivity contribution >= 4 is 23.1 Å². The van der Waals surface area contributed by atoms with Crippen molar-refractivity contribution in [3.05, 3.63) is 0 Å². The minimum absolute atomic E-state index is 0.0875. The zero-order valence-electron chi connectivity index (χ0n) is 12.4. The molecule has 0 aromatic heterocycles. The van der Waals surface area contributed by atoms with Crippen molar-refractivity contribution in [1.82, 2.24) is 4.90 Å². The van der Waals surface area contributed by atoms with Crippen LogP contribution < -0.4 is 5.73 Å². The van der Waals surface area contributed by atoms with E-state index < -0.39 is 5.41 Å². The van der Waals surface area contributed by atoms with Crippen LogP contribution in [0.3, 0.4) is 0 Å². The Kier molecular flexibility index (Phi) is 5.74. The van der Waals surface area contributed by atoms with E-state index in [1.165, 1.54) is 0 Å². The van der Waals surface area contributed by atoms with E-state index in [0.717, 1.165) is 19.3 Å². The maximum Gasteiger partial charge on any atom is 0.235 e. The molecule has 1 rings (SSSR count). The van der Waals surface area contributed by atoms with E-state index in [9.17, 15) is 4.79 Å². The maximum atomic E-state index is 12.8. The van der Waals surface area contributed by atoms with Crippen molar-refractivity contribution in [2.75, 3.05) is 20.3 Å². The number of rotatable bonds is 7. The third-order valence-corrected chi connectivity index (χ3v) is 4.59. The van der Waals surface area contributed by atoms with Crippen LogP contribution in [0.25, 0.3) is 0 Å². The molecule has 0 aliphatic heterocycles. The fourth-order valence-electron chi connectivity index (χ4n) is 2.82. The highest BCUT2D eigenvalue weighted by molar-refractivity contribution is 7.80. The average molecular weight is 286 g/mol. The Balaban J connectivity index is 2.88. The summed E-state index contributed by atoms with van der Waals surface area (Å²) in [5.41, 5.74) is 5.25. The molecule has 1 fully saturated rings. The molecule has 110 valence electrons. The van der Waals surface area contributed by atoms with Crippen LogP contribution >= 0.6 is 12.2 Å². The van der Waals surface area contributed by atoms with Crippen molar-refractivity contribution in [3.8, 4) is 0 Å². The number of amides is 1. The summed E-state index contributed by atoms with van der Waals surface area (Å²) in [5.74, 6) is 0.608. The van der Waals surface area contributed by atoms with Gasteiger partial charge in [-0.25, -0.2) is 0 Å². The van der Waals surface area contributed by atoms with Crippen molar-refractivity contribution in [1.29, 1.82) is 0 Å². The largest absolute Gasteiger partial charge is 0.392 e. The van der Waals surface area contributed by atoms with Gasteiger partial charge in [-0.1, -0.05) is 26.1 Å². The summed E-state index contributed by atoms with van der Waals surface area (Å²) in [5, 5.41) is 0. The van der Waals surface area contributed by atoms with Gasteiger partial charge in [0.25, 0.3) is 0 Å². The van der Waals surface area contributed by atoms with Crippen LogP contribution in [0.15, 0.2) is 0 Å². The fraction of sp³-hybridized carbons (Fsp3) is 0.857. The monoisotopic (exact) mass is 286 g/mol. The first-order chi connectivity index (χ1) is 8.89. The highest BCUT2D eigenvalue weighted by Crippen LogP contribution is 2.47. The molecule has 1 saturated carbocycles. The van der Waals surface area contributed by atoms with Gasteiger partial charge < -0.3 is 15.4 Å². The molecule has 0 radical (unpaired) electrons. The standard InChI is InChI=1S/C14H26N2O2S/c1-5-11(3)16(6-7-18-4)13(17)14(12(15)19)8-10(2)9-14/h10-11H,5-9H2,1-4H3,(H2,15,19). The first kappa shape index (κ1) is 16.4. The molecule has 0 heterocycles. The topological polar surface area (TPSA) is 55.6 Å². The predicted octanol–water partition coefficient (Wildman–Crippen LogP) is 1.96. The second-order valence-corrected chi connectivity index (χ2v) is 6.15. The van der Waals surface area contributed by atoms with Crippen molar-refractivity contribution in [2.45, 2.75) is 46.1 Å². The van der Waals surface area contributed by atoms with Gasteiger partial charge in [-0.3, -0.25) is 4.79 Å². The molecule has 19 heavy (non-hydrogen) atoms. The molecule has 1 atom stereocenters. The van der Waals surface area contributed by atoms with E-state index in [1.807, 2.05) is 4.90 Å². The van der Waals surface area contributed by atoms with Crippen LogP contribution in [0.4, 0.5) is 0 Å². The van der Waals surface area contributed by atoms with E-state index in [1.54, 1.807) is 7.11 Å². The maximum absolute atomic E-state index is 12.8. The SMILES string of the molecule is CCC(C)N(CCOC)C(=O)C1(C(N)=S)CC(C)C1. The lowest BCUT2D eigenvalue weighted by molar-refractivity contribution is -0.147. The van der Waals surface area contributed by atoms with Crippen LogP contribution in [-0.2, 0) is 9.53 Å². The van der Waals surface area contributed by atoms with Crippen molar-refractivity contribution < 1.29 is 9.53 Å². The highest BCUT2D eigenvalue weighted by Gasteiger charge is 2.52. The predicted molar refractivity (Wildman–Crippen MR) is 81.0 cm³/mol. The number of hydrogen-bond donors (Lipinski definition) is 1. The smallest absolute Gasteiger partial charge is 0.235 e. The van der Waals surface area contributed by atoms with Gasteiger partial charge in [-0.15, -0.1) is 0 Å². The Bertz CT molecular complexity index is 340. The molecule has 2 N–H and O–H groups in total. The summed E-state index contributed by atoms with van der Waals surface area (Å²) in [4.78, 5) is 15.1. The summed E-state index contributed by atoms with van der Waals surface area (Å²) >= 11 is 5.16. The number of nitrogens with zero attached hydrogens (tertiary/aromatic N) is 1. The summed E-state index contributed by atoms with van der Waals surface area (Å²) in [6, 6.07) is 0.185.